The van der Waals surface area contributed by atoms with Crippen molar-refractivity contribution in [2.24, 2.45) is 0 Å². The lowest BCUT2D eigenvalue weighted by Crippen LogP contribution is -2.52. The topological polar surface area (TPSA) is 130 Å². The van der Waals surface area contributed by atoms with E-state index < -0.39 is 29.6 Å². The van der Waals surface area contributed by atoms with Crippen LogP contribution in [0.25, 0.3) is 11.1 Å². The lowest BCUT2D eigenvalue weighted by atomic mass is 9.98. The Morgan fingerprint density at radius 3 is 2.28 bits per heavy atom. The molecule has 2 N–H and O–H groups in total. The standard InChI is InChI=1S/C46H54FN5O6/c1-30(51(5)45(56)58-46(2,3)4)43(54)50-35(28-52-24-12-18-41(52)32-25-33(27-48-26-32)42(53)31-19-21-34(47)22-20-31)13-10-11-23-49-44(55)57-29-40-38-16-8-6-14-36(38)37-15-7-9-17-39(37)40/h6-9,14-17,19-22,25-27,30,35,40-41H,10-13,18,23-24,28-29H2,1-5H3,(H,49,55)(H,50,54)/t30-,35-,41-/m0/s1. The number of alkyl carbamates (subject to hydrolysis) is 1. The number of carbonyl (C=O) groups is 4. The summed E-state index contributed by atoms with van der Waals surface area (Å²) in [5.41, 5.74) is 5.62. The molecule has 12 heteroatoms. The average molecular weight is 792 g/mol. The zero-order chi connectivity index (χ0) is 41.4. The summed E-state index contributed by atoms with van der Waals surface area (Å²) in [6.45, 7) is 8.94. The number of ether oxygens (including phenoxy) is 2. The first-order chi connectivity index (χ1) is 27.8. The molecular formula is C46H54FN5O6. The van der Waals surface area contributed by atoms with Gasteiger partial charge in [0, 0.05) is 61.7 Å². The molecule has 2 heterocycles. The van der Waals surface area contributed by atoms with Crippen LogP contribution in [0.3, 0.4) is 0 Å². The summed E-state index contributed by atoms with van der Waals surface area (Å²) >= 11 is 0. The lowest BCUT2D eigenvalue weighted by molar-refractivity contribution is -0.126. The average Bonchev–Trinajstić information content (AvgIpc) is 3.81. The highest BCUT2D eigenvalue weighted by molar-refractivity contribution is 6.08. The van der Waals surface area contributed by atoms with E-state index in [9.17, 15) is 23.6 Å². The second-order valence-corrected chi connectivity index (χ2v) is 16.2. The van der Waals surface area contributed by atoms with Crippen LogP contribution in [-0.2, 0) is 14.3 Å². The fourth-order valence-corrected chi connectivity index (χ4v) is 7.79. The molecule has 3 amide bonds. The molecule has 1 aliphatic carbocycles. The maximum absolute atomic E-state index is 13.7. The molecule has 2 aliphatic rings. The Hall–Kier alpha value is -5.62. The molecule has 6 rings (SSSR count). The molecule has 0 radical (unpaired) electrons. The van der Waals surface area contributed by atoms with E-state index in [1.54, 1.807) is 40.9 Å². The number of halogens is 1. The molecule has 4 aromatic rings. The highest BCUT2D eigenvalue weighted by atomic mass is 19.1. The minimum absolute atomic E-state index is 0.0257. The van der Waals surface area contributed by atoms with Crippen LogP contribution in [0.4, 0.5) is 14.0 Å². The SMILES string of the molecule is C[C@@H](C(=O)N[C@@H](CCCCNC(=O)OCC1c2ccccc2-c2ccccc21)CN1CCC[C@H]1c1cncc(C(=O)c2ccc(F)cc2)c1)N(C)C(=O)OC(C)(C)C. The third kappa shape index (κ3) is 10.5. The normalized spacial score (nSPS) is 16.1. The molecule has 3 aromatic carbocycles. The first kappa shape index (κ1) is 42.0. The number of nitrogens with one attached hydrogen (secondary N) is 2. The minimum Gasteiger partial charge on any atom is -0.449 e. The van der Waals surface area contributed by atoms with Crippen molar-refractivity contribution >= 4 is 23.9 Å². The summed E-state index contributed by atoms with van der Waals surface area (Å²) in [5, 5.41) is 6.09. The maximum atomic E-state index is 13.7. The first-order valence-corrected chi connectivity index (χ1v) is 20.1. The molecule has 0 unspecified atom stereocenters. The van der Waals surface area contributed by atoms with Crippen molar-refractivity contribution in [1.29, 1.82) is 0 Å². The van der Waals surface area contributed by atoms with Crippen LogP contribution in [0, 0.1) is 5.82 Å². The van der Waals surface area contributed by atoms with E-state index in [-0.39, 0.29) is 36.3 Å². The first-order valence-electron chi connectivity index (χ1n) is 20.1. The van der Waals surface area contributed by atoms with Crippen molar-refractivity contribution < 1.29 is 33.0 Å². The van der Waals surface area contributed by atoms with Crippen LogP contribution in [0.2, 0.25) is 0 Å². The number of fused-ring (bicyclic) bond motifs is 3. The lowest BCUT2D eigenvalue weighted by Gasteiger charge is -2.32. The van der Waals surface area contributed by atoms with E-state index in [0.717, 1.165) is 36.1 Å². The molecule has 1 aliphatic heterocycles. The van der Waals surface area contributed by atoms with Crippen molar-refractivity contribution in [3.05, 3.63) is 125 Å². The zero-order valence-corrected chi connectivity index (χ0v) is 34.0. The fraction of sp³-hybridized carbons (Fsp3) is 0.413. The van der Waals surface area contributed by atoms with Crippen molar-refractivity contribution in [1.82, 2.24) is 25.4 Å². The number of amides is 3. The summed E-state index contributed by atoms with van der Waals surface area (Å²) in [7, 11) is 1.55. The van der Waals surface area contributed by atoms with Gasteiger partial charge in [-0.1, -0.05) is 48.5 Å². The number of carbonyl (C=O) groups excluding carboxylic acids is 4. The summed E-state index contributed by atoms with van der Waals surface area (Å²) in [6, 6.07) is 22.6. The predicted molar refractivity (Wildman–Crippen MR) is 220 cm³/mol. The van der Waals surface area contributed by atoms with Crippen LogP contribution >= 0.6 is 0 Å². The Kier molecular flexibility index (Phi) is 13.6. The van der Waals surface area contributed by atoms with Crippen molar-refractivity contribution in [3.63, 3.8) is 0 Å². The minimum atomic E-state index is -0.791. The predicted octanol–water partition coefficient (Wildman–Crippen LogP) is 8.04. The van der Waals surface area contributed by atoms with Crippen molar-refractivity contribution in [2.75, 3.05) is 33.3 Å². The van der Waals surface area contributed by atoms with Gasteiger partial charge in [-0.3, -0.25) is 24.4 Å². The highest BCUT2D eigenvalue weighted by Gasteiger charge is 2.33. The van der Waals surface area contributed by atoms with E-state index in [4.69, 9.17) is 9.47 Å². The van der Waals surface area contributed by atoms with Crippen LogP contribution in [0.1, 0.15) is 104 Å². The summed E-state index contributed by atoms with van der Waals surface area (Å²) in [6.07, 6.45) is 5.97. The number of hydrogen-bond acceptors (Lipinski definition) is 8. The molecule has 58 heavy (non-hydrogen) atoms. The fourth-order valence-electron chi connectivity index (χ4n) is 7.79. The number of hydrogen-bond donors (Lipinski definition) is 2. The van der Waals surface area contributed by atoms with E-state index in [0.29, 0.717) is 43.5 Å². The van der Waals surface area contributed by atoms with E-state index in [1.165, 1.54) is 46.5 Å². The van der Waals surface area contributed by atoms with Gasteiger partial charge in [-0.2, -0.15) is 0 Å². The van der Waals surface area contributed by atoms with Gasteiger partial charge >= 0.3 is 12.2 Å². The number of likely N-dealkylation sites (N-methyl/N-ethyl adjacent to an activating group) is 1. The molecule has 11 nitrogen and oxygen atoms in total. The van der Waals surface area contributed by atoms with Gasteiger partial charge in [-0.05, 0) is 124 Å². The van der Waals surface area contributed by atoms with Crippen LogP contribution in [-0.4, -0.2) is 89.6 Å². The third-order valence-corrected chi connectivity index (χ3v) is 10.9. The number of rotatable bonds is 15. The van der Waals surface area contributed by atoms with E-state index in [2.05, 4.69) is 44.8 Å². The molecular weight excluding hydrogens is 738 g/mol. The highest BCUT2D eigenvalue weighted by Crippen LogP contribution is 2.44. The van der Waals surface area contributed by atoms with Crippen LogP contribution in [0.15, 0.2) is 91.3 Å². The zero-order valence-electron chi connectivity index (χ0n) is 34.0. The van der Waals surface area contributed by atoms with Gasteiger partial charge < -0.3 is 20.1 Å². The van der Waals surface area contributed by atoms with E-state index in [1.807, 2.05) is 30.3 Å². The van der Waals surface area contributed by atoms with Gasteiger partial charge in [0.25, 0.3) is 0 Å². The molecule has 3 atom stereocenters. The maximum Gasteiger partial charge on any atom is 0.410 e. The number of likely N-dealkylation sites (tertiary alicyclic amines) is 1. The van der Waals surface area contributed by atoms with Gasteiger partial charge in [0.1, 0.15) is 24.1 Å². The monoisotopic (exact) mass is 791 g/mol. The number of nitrogens with zero attached hydrogens (tertiary/aromatic N) is 3. The Labute approximate surface area is 340 Å². The Bertz CT molecular complexity index is 2040. The van der Waals surface area contributed by atoms with Gasteiger partial charge in [-0.15, -0.1) is 0 Å². The quantitative estimate of drug-likeness (QED) is 0.0915. The van der Waals surface area contributed by atoms with Crippen molar-refractivity contribution in [3.8, 4) is 11.1 Å². The van der Waals surface area contributed by atoms with Gasteiger partial charge in [-0.25, -0.2) is 14.0 Å². The molecule has 0 spiro atoms. The number of benzene rings is 3. The Morgan fingerprint density at radius 1 is 0.931 bits per heavy atom. The Balaban J connectivity index is 1.06. The van der Waals surface area contributed by atoms with E-state index >= 15 is 0 Å². The Morgan fingerprint density at radius 2 is 1.60 bits per heavy atom. The van der Waals surface area contributed by atoms with Crippen LogP contribution in [0.5, 0.6) is 0 Å². The third-order valence-electron chi connectivity index (χ3n) is 10.9. The molecule has 1 aromatic heterocycles. The summed E-state index contributed by atoms with van der Waals surface area (Å²) < 4.78 is 24.7. The molecule has 1 saturated heterocycles. The number of aromatic nitrogens is 1. The number of unbranched alkanes of at least 4 members (excludes halogenated alkanes) is 1. The summed E-state index contributed by atoms with van der Waals surface area (Å²) in [4.78, 5) is 60.5. The second-order valence-electron chi connectivity index (χ2n) is 16.2. The molecule has 1 fully saturated rings. The molecule has 0 saturated carbocycles. The number of ketones is 1. The molecule has 306 valence electrons. The van der Waals surface area contributed by atoms with Crippen LogP contribution < -0.4 is 10.6 Å². The summed E-state index contributed by atoms with van der Waals surface area (Å²) in [5.74, 6) is -0.982. The molecule has 0 bridgehead atoms. The second kappa shape index (κ2) is 18.8. The van der Waals surface area contributed by atoms with Gasteiger partial charge in [0.2, 0.25) is 5.91 Å². The smallest absolute Gasteiger partial charge is 0.410 e. The largest absolute Gasteiger partial charge is 0.449 e. The van der Waals surface area contributed by atoms with Gasteiger partial charge in [0.15, 0.2) is 5.78 Å². The number of pyridine rings is 1. The van der Waals surface area contributed by atoms with Gasteiger partial charge in [0.05, 0.1) is 0 Å². The van der Waals surface area contributed by atoms with Crippen molar-refractivity contribution in [2.45, 2.75) is 89.4 Å².